The van der Waals surface area contributed by atoms with Crippen molar-refractivity contribution in [3.63, 3.8) is 0 Å². The molecule has 0 fully saturated rings. The van der Waals surface area contributed by atoms with Crippen LogP contribution in [0.25, 0.3) is 0 Å². The van der Waals surface area contributed by atoms with Crippen molar-refractivity contribution < 1.29 is 51.3 Å². The average Bonchev–Trinajstić information content (AvgIpc) is 2.45. The van der Waals surface area contributed by atoms with Crippen LogP contribution < -0.4 is 5.32 Å². The van der Waals surface area contributed by atoms with Gasteiger partial charge in [0, 0.05) is 12.7 Å². The highest BCUT2D eigenvalue weighted by Crippen LogP contribution is 2.24. The van der Waals surface area contributed by atoms with Gasteiger partial charge in [0.25, 0.3) is 0 Å². The molecule has 0 bridgehead atoms. The Morgan fingerprint density at radius 2 is 1.62 bits per heavy atom. The van der Waals surface area contributed by atoms with Crippen LogP contribution in [-0.2, 0) is 19.2 Å². The monoisotopic (exact) mass is 426 g/mol. The molecular formula is C11H11F5N2O6S2. The van der Waals surface area contributed by atoms with Crippen LogP contribution in [0.3, 0.4) is 0 Å². The van der Waals surface area contributed by atoms with Crippen LogP contribution in [-0.4, -0.2) is 69.3 Å². The van der Waals surface area contributed by atoms with E-state index in [1.54, 1.807) is 0 Å². The van der Waals surface area contributed by atoms with Crippen LogP contribution in [0, 0.1) is 0 Å². The smallest absolute Gasteiger partial charge is 0.471 e. The van der Waals surface area contributed by atoms with Gasteiger partial charge in [-0.25, -0.2) is 14.6 Å². The van der Waals surface area contributed by atoms with Gasteiger partial charge in [0.15, 0.2) is 0 Å². The van der Waals surface area contributed by atoms with E-state index in [1.165, 1.54) is 5.32 Å². The van der Waals surface area contributed by atoms with Crippen LogP contribution in [0.4, 0.5) is 22.0 Å². The molecule has 0 aliphatic carbocycles. The number of amides is 2. The first-order chi connectivity index (χ1) is 11.7. The molecular weight excluding hydrogens is 415 g/mol. The Hall–Kier alpha value is -1.90. The Morgan fingerprint density at radius 3 is 2.00 bits per heavy atom. The lowest BCUT2D eigenvalue weighted by Gasteiger charge is -2.15. The number of nitrogens with one attached hydrogen (secondary N) is 1. The molecule has 0 saturated carbocycles. The van der Waals surface area contributed by atoms with E-state index in [0.717, 1.165) is 0 Å². The second-order valence-electron chi connectivity index (χ2n) is 4.47. The number of rotatable bonds is 9. The molecule has 0 spiro atoms. The molecule has 2 amide bonds. The summed E-state index contributed by atoms with van der Waals surface area (Å²) in [6.45, 7) is 0.209. The first-order valence-electron chi connectivity index (χ1n) is 6.24. The molecule has 0 aliphatic rings. The number of carboxylic acid groups (broad SMARTS) is 2. The molecule has 0 saturated heterocycles. The van der Waals surface area contributed by atoms with Crippen LogP contribution in [0.2, 0.25) is 0 Å². The second-order valence-corrected chi connectivity index (χ2v) is 6.97. The number of hydrogen-bond acceptors (Lipinski definition) is 6. The van der Waals surface area contributed by atoms with E-state index in [4.69, 9.17) is 10.2 Å². The standard InChI is InChI=1S/C11H11F5N2O6S2/c1-10(12,13)8(23)17-4(6(19)20)2-25-26-3-5(7(21)22)18-9(24)11(14,15)16/h5H,2-3H2,1H3,(H,18,24)(H,19,20)(H,21,22)/t5-/m0/s1. The third kappa shape index (κ3) is 8.98. The normalized spacial score (nSPS) is 13.8. The minimum absolute atomic E-state index is 0.209. The fraction of sp³-hybridized carbons (Fsp3) is 0.545. The molecule has 8 nitrogen and oxygen atoms in total. The minimum Gasteiger partial charge on any atom is -0.480 e. The number of aliphatic imine (C=N–C) groups is 1. The molecule has 0 aromatic rings. The summed E-state index contributed by atoms with van der Waals surface area (Å²) < 4.78 is 61.6. The first kappa shape index (κ1) is 24.1. The van der Waals surface area contributed by atoms with Gasteiger partial charge in [-0.15, -0.1) is 0 Å². The Morgan fingerprint density at radius 1 is 1.08 bits per heavy atom. The lowest BCUT2D eigenvalue weighted by Crippen LogP contribution is -2.48. The van der Waals surface area contributed by atoms with E-state index in [9.17, 15) is 41.1 Å². The summed E-state index contributed by atoms with van der Waals surface area (Å²) in [5, 5.41) is 18.7. The number of alkyl halides is 5. The SMILES string of the molecule is CC(F)(F)C(=O)N=C(CSSC[C@H](NC(=O)C(F)(F)F)C(=O)O)C(=O)O. The van der Waals surface area contributed by atoms with Gasteiger partial charge in [0.05, 0.1) is 5.75 Å². The number of carbonyl (C=O) groups is 4. The van der Waals surface area contributed by atoms with Gasteiger partial charge in [-0.2, -0.15) is 22.0 Å². The summed E-state index contributed by atoms with van der Waals surface area (Å²) in [6.07, 6.45) is -5.29. The van der Waals surface area contributed by atoms with Crippen LogP contribution in [0.1, 0.15) is 6.92 Å². The molecule has 148 valence electrons. The van der Waals surface area contributed by atoms with Gasteiger partial charge in [0.2, 0.25) is 0 Å². The zero-order valence-corrected chi connectivity index (χ0v) is 14.3. The molecule has 3 N–H and O–H groups in total. The Balaban J connectivity index is 4.73. The third-order valence-electron chi connectivity index (χ3n) is 2.23. The zero-order chi connectivity index (χ0) is 20.7. The Kier molecular flexibility index (Phi) is 8.99. The maximum absolute atomic E-state index is 12.7. The van der Waals surface area contributed by atoms with Crippen molar-refractivity contribution in [1.82, 2.24) is 5.32 Å². The predicted molar refractivity (Wildman–Crippen MR) is 81.2 cm³/mol. The van der Waals surface area contributed by atoms with Crippen molar-refractivity contribution in [3.05, 3.63) is 0 Å². The van der Waals surface area contributed by atoms with Crippen LogP contribution >= 0.6 is 21.6 Å². The third-order valence-corrected chi connectivity index (χ3v) is 4.52. The number of halogens is 5. The van der Waals surface area contributed by atoms with E-state index < -0.39 is 59.1 Å². The highest BCUT2D eigenvalue weighted by atomic mass is 33.1. The highest BCUT2D eigenvalue weighted by molar-refractivity contribution is 8.76. The van der Waals surface area contributed by atoms with E-state index in [0.29, 0.717) is 21.6 Å². The van der Waals surface area contributed by atoms with Crippen molar-refractivity contribution in [1.29, 1.82) is 0 Å². The molecule has 0 unspecified atom stereocenters. The summed E-state index contributed by atoms with van der Waals surface area (Å²) in [4.78, 5) is 46.1. The predicted octanol–water partition coefficient (Wildman–Crippen LogP) is 1.21. The van der Waals surface area contributed by atoms with Crippen LogP contribution in [0.15, 0.2) is 4.99 Å². The van der Waals surface area contributed by atoms with Gasteiger partial charge in [-0.1, -0.05) is 21.6 Å². The lowest BCUT2D eigenvalue weighted by molar-refractivity contribution is -0.175. The molecule has 0 aromatic carbocycles. The molecule has 0 heterocycles. The average molecular weight is 426 g/mol. The van der Waals surface area contributed by atoms with Gasteiger partial charge >= 0.3 is 35.9 Å². The second kappa shape index (κ2) is 9.70. The van der Waals surface area contributed by atoms with E-state index in [1.807, 2.05) is 0 Å². The Bertz CT molecular complexity index is 605. The van der Waals surface area contributed by atoms with Crippen LogP contribution in [0.5, 0.6) is 0 Å². The Labute approximate surface area is 150 Å². The maximum Gasteiger partial charge on any atom is 0.471 e. The summed E-state index contributed by atoms with van der Waals surface area (Å²) in [6, 6.07) is -1.94. The van der Waals surface area contributed by atoms with Gasteiger partial charge < -0.3 is 15.5 Å². The van der Waals surface area contributed by atoms with Gasteiger partial charge in [-0.3, -0.25) is 9.59 Å². The molecule has 0 radical (unpaired) electrons. The molecule has 0 rings (SSSR count). The number of hydrogen-bond donors (Lipinski definition) is 3. The number of carbonyl (C=O) groups excluding carboxylic acids is 2. The van der Waals surface area contributed by atoms with E-state index in [-0.39, 0.29) is 6.92 Å². The molecule has 1 atom stereocenters. The molecule has 0 aliphatic heterocycles. The maximum atomic E-state index is 12.7. The van der Waals surface area contributed by atoms with Crippen molar-refractivity contribution in [2.45, 2.75) is 25.1 Å². The van der Waals surface area contributed by atoms with Crippen molar-refractivity contribution >= 4 is 51.1 Å². The van der Waals surface area contributed by atoms with E-state index in [2.05, 4.69) is 4.99 Å². The van der Waals surface area contributed by atoms with Crippen molar-refractivity contribution in [2.24, 2.45) is 4.99 Å². The van der Waals surface area contributed by atoms with Gasteiger partial charge in [-0.05, 0) is 0 Å². The first-order valence-corrected chi connectivity index (χ1v) is 8.73. The zero-order valence-electron chi connectivity index (χ0n) is 12.7. The van der Waals surface area contributed by atoms with Crippen molar-refractivity contribution in [3.8, 4) is 0 Å². The molecule has 0 aromatic heterocycles. The fourth-order valence-electron chi connectivity index (χ4n) is 0.991. The van der Waals surface area contributed by atoms with Crippen molar-refractivity contribution in [2.75, 3.05) is 11.5 Å². The number of nitrogens with zero attached hydrogens (tertiary/aromatic N) is 1. The summed E-state index contributed by atoms with van der Waals surface area (Å²) in [7, 11) is 1.07. The lowest BCUT2D eigenvalue weighted by atomic mass is 10.3. The number of carboxylic acids is 2. The van der Waals surface area contributed by atoms with E-state index >= 15 is 0 Å². The summed E-state index contributed by atoms with van der Waals surface area (Å²) in [5.41, 5.74) is -0.958. The molecule has 26 heavy (non-hydrogen) atoms. The highest BCUT2D eigenvalue weighted by Gasteiger charge is 2.40. The fourth-order valence-corrected chi connectivity index (χ4v) is 3.11. The molecule has 15 heteroatoms. The topological polar surface area (TPSA) is 133 Å². The number of aliphatic carboxylic acids is 2. The quantitative estimate of drug-likeness (QED) is 0.217. The summed E-state index contributed by atoms with van der Waals surface area (Å²) >= 11 is 0. The minimum atomic E-state index is -5.29. The summed E-state index contributed by atoms with van der Waals surface area (Å²) in [5.74, 6) is -13.2. The van der Waals surface area contributed by atoms with Gasteiger partial charge in [0.1, 0.15) is 11.8 Å². The largest absolute Gasteiger partial charge is 0.480 e.